The minimum Gasteiger partial charge on any atom is -0.387 e. The lowest BCUT2D eigenvalue weighted by molar-refractivity contribution is 0.0233. The van der Waals surface area contributed by atoms with Crippen LogP contribution in [0.4, 0.5) is 0 Å². The topological polar surface area (TPSA) is 29.5 Å². The zero-order valence-electron chi connectivity index (χ0n) is 5.35. The van der Waals surface area contributed by atoms with Crippen molar-refractivity contribution in [3.8, 4) is 0 Å². The van der Waals surface area contributed by atoms with Gasteiger partial charge in [-0.3, -0.25) is 0 Å². The summed E-state index contributed by atoms with van der Waals surface area (Å²) in [4.78, 5) is 0. The molecule has 0 aromatic carbocycles. The summed E-state index contributed by atoms with van der Waals surface area (Å²) >= 11 is 0. The smallest absolute Gasteiger partial charge is 0.0899 e. The number of rotatable bonds is 0. The Balaban J connectivity index is 2.54. The summed E-state index contributed by atoms with van der Waals surface area (Å²) in [5, 5.41) is 9.34. The molecule has 0 radical (unpaired) electrons. The highest BCUT2D eigenvalue weighted by atomic mass is 16.5. The largest absolute Gasteiger partial charge is 0.387 e. The van der Waals surface area contributed by atoms with Gasteiger partial charge in [-0.05, 0) is 6.92 Å². The van der Waals surface area contributed by atoms with E-state index in [-0.39, 0.29) is 0 Å². The van der Waals surface area contributed by atoms with Crippen LogP contribution in [0.5, 0.6) is 0 Å². The van der Waals surface area contributed by atoms with Gasteiger partial charge in [-0.1, -0.05) is 6.92 Å². The van der Waals surface area contributed by atoms with Crippen LogP contribution in [-0.4, -0.2) is 23.9 Å². The van der Waals surface area contributed by atoms with Gasteiger partial charge < -0.3 is 9.84 Å². The van der Waals surface area contributed by atoms with Crippen LogP contribution in [0.15, 0.2) is 0 Å². The summed E-state index contributed by atoms with van der Waals surface area (Å²) in [5.74, 6) is 0.294. The zero-order chi connectivity index (χ0) is 6.20. The van der Waals surface area contributed by atoms with Gasteiger partial charge in [-0.15, -0.1) is 0 Å². The summed E-state index contributed by atoms with van der Waals surface area (Å²) in [6.07, 6.45) is 0. The number of aliphatic hydroxyl groups is 1. The van der Waals surface area contributed by atoms with Crippen molar-refractivity contribution in [1.82, 2.24) is 0 Å². The highest BCUT2D eigenvalue weighted by Gasteiger charge is 2.34. The van der Waals surface area contributed by atoms with Gasteiger partial charge in [0.05, 0.1) is 18.8 Å². The first-order valence-electron chi connectivity index (χ1n) is 2.93. The fraction of sp³-hybridized carbons (Fsp3) is 1.00. The standard InChI is InChI=1S/C6H12O2/c1-5-3-8-4-6(5,2)7/h5,7H,3-4H2,1-2H3. The zero-order valence-corrected chi connectivity index (χ0v) is 5.35. The van der Waals surface area contributed by atoms with Crippen molar-refractivity contribution in [1.29, 1.82) is 0 Å². The lowest BCUT2D eigenvalue weighted by Crippen LogP contribution is -2.30. The molecule has 1 fully saturated rings. The van der Waals surface area contributed by atoms with Crippen LogP contribution in [0, 0.1) is 5.92 Å². The Hall–Kier alpha value is -0.0800. The molecule has 1 heterocycles. The van der Waals surface area contributed by atoms with Gasteiger partial charge >= 0.3 is 0 Å². The van der Waals surface area contributed by atoms with Gasteiger partial charge in [-0.2, -0.15) is 0 Å². The van der Waals surface area contributed by atoms with Gasteiger partial charge in [0.1, 0.15) is 0 Å². The maximum absolute atomic E-state index is 9.34. The van der Waals surface area contributed by atoms with Crippen LogP contribution in [-0.2, 0) is 4.74 Å². The Labute approximate surface area is 49.5 Å². The van der Waals surface area contributed by atoms with E-state index in [0.717, 1.165) is 0 Å². The van der Waals surface area contributed by atoms with Gasteiger partial charge in [0, 0.05) is 5.92 Å². The summed E-state index contributed by atoms with van der Waals surface area (Å²) in [6, 6.07) is 0. The summed E-state index contributed by atoms with van der Waals surface area (Å²) in [5.41, 5.74) is -0.569. The molecular weight excluding hydrogens is 104 g/mol. The Kier molecular flexibility index (Phi) is 1.29. The molecule has 0 aromatic heterocycles. The molecule has 1 rings (SSSR count). The third-order valence-electron chi connectivity index (χ3n) is 1.82. The highest BCUT2D eigenvalue weighted by Crippen LogP contribution is 2.23. The molecular formula is C6H12O2. The summed E-state index contributed by atoms with van der Waals surface area (Å²) in [7, 11) is 0. The molecule has 1 N–H and O–H groups in total. The Bertz CT molecular complexity index is 88.5. The predicted octanol–water partition coefficient (Wildman–Crippen LogP) is 0.404. The van der Waals surface area contributed by atoms with E-state index in [0.29, 0.717) is 19.1 Å². The number of hydrogen-bond donors (Lipinski definition) is 1. The van der Waals surface area contributed by atoms with Crippen molar-refractivity contribution in [3.05, 3.63) is 0 Å². The van der Waals surface area contributed by atoms with E-state index in [2.05, 4.69) is 0 Å². The van der Waals surface area contributed by atoms with E-state index < -0.39 is 5.60 Å². The third kappa shape index (κ3) is 0.858. The van der Waals surface area contributed by atoms with Crippen molar-refractivity contribution in [2.24, 2.45) is 5.92 Å². The Morgan fingerprint density at radius 2 is 2.38 bits per heavy atom. The van der Waals surface area contributed by atoms with E-state index >= 15 is 0 Å². The normalized spacial score (nSPS) is 47.6. The maximum atomic E-state index is 9.34. The monoisotopic (exact) mass is 116 g/mol. The van der Waals surface area contributed by atoms with Gasteiger partial charge in [0.2, 0.25) is 0 Å². The third-order valence-corrected chi connectivity index (χ3v) is 1.82. The Morgan fingerprint density at radius 1 is 1.75 bits per heavy atom. The summed E-state index contributed by atoms with van der Waals surface area (Å²) in [6.45, 7) is 5.00. The van der Waals surface area contributed by atoms with Gasteiger partial charge in [0.25, 0.3) is 0 Å². The van der Waals surface area contributed by atoms with Crippen molar-refractivity contribution in [3.63, 3.8) is 0 Å². The highest BCUT2D eigenvalue weighted by molar-refractivity contribution is 4.83. The molecule has 0 spiro atoms. The lowest BCUT2D eigenvalue weighted by atomic mass is 9.95. The first-order chi connectivity index (χ1) is 3.63. The van der Waals surface area contributed by atoms with Crippen LogP contribution >= 0.6 is 0 Å². The van der Waals surface area contributed by atoms with Gasteiger partial charge in [0.15, 0.2) is 0 Å². The summed E-state index contributed by atoms with van der Waals surface area (Å²) < 4.78 is 5.02. The van der Waals surface area contributed by atoms with Crippen LogP contribution in [0.1, 0.15) is 13.8 Å². The van der Waals surface area contributed by atoms with E-state index in [9.17, 15) is 5.11 Å². The molecule has 2 nitrogen and oxygen atoms in total. The molecule has 2 atom stereocenters. The van der Waals surface area contributed by atoms with Crippen molar-refractivity contribution in [2.75, 3.05) is 13.2 Å². The Morgan fingerprint density at radius 3 is 2.50 bits per heavy atom. The minimum absolute atomic E-state index is 0.294. The molecule has 1 aliphatic heterocycles. The molecule has 2 heteroatoms. The molecule has 0 bridgehead atoms. The maximum Gasteiger partial charge on any atom is 0.0899 e. The fourth-order valence-corrected chi connectivity index (χ4v) is 0.764. The molecule has 8 heavy (non-hydrogen) atoms. The molecule has 0 aliphatic carbocycles. The van der Waals surface area contributed by atoms with Crippen LogP contribution < -0.4 is 0 Å². The quantitative estimate of drug-likeness (QED) is 0.496. The number of hydrogen-bond acceptors (Lipinski definition) is 2. The van der Waals surface area contributed by atoms with Crippen LogP contribution in [0.25, 0.3) is 0 Å². The number of ether oxygens (including phenoxy) is 1. The molecule has 0 amide bonds. The van der Waals surface area contributed by atoms with Gasteiger partial charge in [-0.25, -0.2) is 0 Å². The molecule has 0 saturated carbocycles. The van der Waals surface area contributed by atoms with Crippen molar-refractivity contribution >= 4 is 0 Å². The first kappa shape index (κ1) is 6.05. The second kappa shape index (κ2) is 1.71. The second-order valence-electron chi connectivity index (χ2n) is 2.77. The first-order valence-corrected chi connectivity index (χ1v) is 2.93. The predicted molar refractivity (Wildman–Crippen MR) is 30.6 cm³/mol. The molecule has 1 aliphatic rings. The second-order valence-corrected chi connectivity index (χ2v) is 2.77. The van der Waals surface area contributed by atoms with E-state index in [4.69, 9.17) is 4.74 Å². The molecule has 0 aromatic rings. The molecule has 1 saturated heterocycles. The fourth-order valence-electron chi connectivity index (χ4n) is 0.764. The average molecular weight is 116 g/mol. The average Bonchev–Trinajstić information content (AvgIpc) is 1.86. The van der Waals surface area contributed by atoms with E-state index in [1.165, 1.54) is 0 Å². The van der Waals surface area contributed by atoms with Crippen molar-refractivity contribution < 1.29 is 9.84 Å². The minimum atomic E-state index is -0.569. The SMILES string of the molecule is CC1COCC1(C)O. The van der Waals surface area contributed by atoms with Crippen LogP contribution in [0.2, 0.25) is 0 Å². The molecule has 48 valence electrons. The molecule has 2 unspecified atom stereocenters. The van der Waals surface area contributed by atoms with E-state index in [1.54, 1.807) is 0 Å². The van der Waals surface area contributed by atoms with E-state index in [1.807, 2.05) is 13.8 Å². The van der Waals surface area contributed by atoms with Crippen molar-refractivity contribution in [2.45, 2.75) is 19.4 Å². The lowest BCUT2D eigenvalue weighted by Gasteiger charge is -2.18. The van der Waals surface area contributed by atoms with Crippen LogP contribution in [0.3, 0.4) is 0 Å².